The van der Waals surface area contributed by atoms with E-state index in [-0.39, 0.29) is 24.0 Å². The second-order valence-corrected chi connectivity index (χ2v) is 9.23. The lowest BCUT2D eigenvalue weighted by molar-refractivity contribution is -0.128. The summed E-state index contributed by atoms with van der Waals surface area (Å²) in [5, 5.41) is 2.80. The number of nitrogens with one attached hydrogen (secondary N) is 1. The van der Waals surface area contributed by atoms with E-state index >= 15 is 0 Å². The van der Waals surface area contributed by atoms with E-state index in [9.17, 15) is 13.2 Å². The summed E-state index contributed by atoms with van der Waals surface area (Å²) in [6, 6.07) is 13.4. The van der Waals surface area contributed by atoms with Gasteiger partial charge in [-0.15, -0.1) is 0 Å². The van der Waals surface area contributed by atoms with Crippen LogP contribution in [0.5, 0.6) is 17.2 Å². The summed E-state index contributed by atoms with van der Waals surface area (Å²) in [4.78, 5) is 12.7. The summed E-state index contributed by atoms with van der Waals surface area (Å²) >= 11 is 0. The summed E-state index contributed by atoms with van der Waals surface area (Å²) in [7, 11) is -1.99. The lowest BCUT2D eigenvalue weighted by atomic mass is 10.2. The topological polar surface area (TPSA) is 103 Å². The number of sulfonamides is 1. The van der Waals surface area contributed by atoms with Crippen LogP contribution in [0.1, 0.15) is 13.3 Å². The predicted molar refractivity (Wildman–Crippen MR) is 122 cm³/mol. The lowest BCUT2D eigenvalue weighted by Gasteiger charge is -2.26. The number of amides is 1. The lowest BCUT2D eigenvalue weighted by Crippen LogP contribution is -2.40. The fraction of sp³-hybridized carbons (Fsp3) is 0.435. The number of benzene rings is 2. The van der Waals surface area contributed by atoms with Gasteiger partial charge >= 0.3 is 0 Å². The van der Waals surface area contributed by atoms with Crippen molar-refractivity contribution in [2.45, 2.75) is 24.3 Å². The van der Waals surface area contributed by atoms with Gasteiger partial charge in [-0.05, 0) is 42.8 Å². The Bertz CT molecular complexity index is 1010. The molecular formula is C23H30N2O7S. The number of hydrogen-bond acceptors (Lipinski definition) is 7. The second kappa shape index (κ2) is 11.9. The van der Waals surface area contributed by atoms with Crippen molar-refractivity contribution in [1.82, 2.24) is 9.62 Å². The molecule has 1 aliphatic heterocycles. The van der Waals surface area contributed by atoms with E-state index < -0.39 is 16.1 Å². The standard InChI is InChI=1S/C23H30N2O7S/c1-3-20(32-22-7-5-4-6-21(22)29-2)23(26)24-12-15-31-18-8-10-19(11-9-18)33(27,28)25-13-16-30-17-14-25/h4-11,20H,3,12-17H2,1-2H3,(H,24,26). The van der Waals surface area contributed by atoms with Gasteiger partial charge in [-0.1, -0.05) is 19.1 Å². The van der Waals surface area contributed by atoms with Crippen molar-refractivity contribution in [2.24, 2.45) is 0 Å². The second-order valence-electron chi connectivity index (χ2n) is 7.29. The van der Waals surface area contributed by atoms with Crippen LogP contribution in [0.3, 0.4) is 0 Å². The molecular weight excluding hydrogens is 448 g/mol. The molecule has 2 aromatic rings. The van der Waals surface area contributed by atoms with Crippen LogP contribution in [0.4, 0.5) is 0 Å². The first kappa shape index (κ1) is 24.8. The molecule has 1 unspecified atom stereocenters. The monoisotopic (exact) mass is 478 g/mol. The molecule has 2 aromatic carbocycles. The normalized spacial score (nSPS) is 15.5. The first-order valence-electron chi connectivity index (χ1n) is 10.8. The summed E-state index contributed by atoms with van der Waals surface area (Å²) in [5.41, 5.74) is 0. The van der Waals surface area contributed by atoms with Gasteiger partial charge in [-0.3, -0.25) is 4.79 Å². The zero-order valence-electron chi connectivity index (χ0n) is 18.9. The van der Waals surface area contributed by atoms with Crippen molar-refractivity contribution in [2.75, 3.05) is 46.6 Å². The Kier molecular flexibility index (Phi) is 8.93. The molecule has 1 atom stereocenters. The highest BCUT2D eigenvalue weighted by Gasteiger charge is 2.26. The molecule has 3 rings (SSSR count). The highest BCUT2D eigenvalue weighted by atomic mass is 32.2. The van der Waals surface area contributed by atoms with Gasteiger partial charge in [0, 0.05) is 13.1 Å². The molecule has 180 valence electrons. The number of morpholine rings is 1. The Balaban J connectivity index is 1.46. The molecule has 1 fully saturated rings. The Hall–Kier alpha value is -2.82. The SMILES string of the molecule is CCC(Oc1ccccc1OC)C(=O)NCCOc1ccc(S(=O)(=O)N2CCOCC2)cc1. The van der Waals surface area contributed by atoms with Crippen molar-refractivity contribution >= 4 is 15.9 Å². The molecule has 1 N–H and O–H groups in total. The number of carbonyl (C=O) groups excluding carboxylic acids is 1. The number of nitrogens with zero attached hydrogens (tertiary/aromatic N) is 1. The van der Waals surface area contributed by atoms with Crippen molar-refractivity contribution in [3.05, 3.63) is 48.5 Å². The van der Waals surface area contributed by atoms with Gasteiger partial charge in [-0.2, -0.15) is 4.31 Å². The first-order chi connectivity index (χ1) is 16.0. The molecule has 0 aromatic heterocycles. The Morgan fingerprint density at radius 2 is 1.76 bits per heavy atom. The van der Waals surface area contributed by atoms with E-state index in [0.29, 0.717) is 50.0 Å². The van der Waals surface area contributed by atoms with Crippen LogP contribution in [-0.4, -0.2) is 71.3 Å². The number of methoxy groups -OCH3 is 1. The Labute approximate surface area is 194 Å². The number of rotatable bonds is 11. The van der Waals surface area contributed by atoms with Crippen LogP contribution in [0.15, 0.2) is 53.4 Å². The molecule has 1 heterocycles. The number of ether oxygens (including phenoxy) is 4. The van der Waals surface area contributed by atoms with Gasteiger partial charge in [0.15, 0.2) is 17.6 Å². The van der Waals surface area contributed by atoms with Crippen LogP contribution in [0.2, 0.25) is 0 Å². The van der Waals surface area contributed by atoms with Crippen LogP contribution in [-0.2, 0) is 19.6 Å². The van der Waals surface area contributed by atoms with Gasteiger partial charge in [-0.25, -0.2) is 8.42 Å². The van der Waals surface area contributed by atoms with Gasteiger partial charge in [0.1, 0.15) is 12.4 Å². The molecule has 9 nitrogen and oxygen atoms in total. The summed E-state index contributed by atoms with van der Waals surface area (Å²) in [5.74, 6) is 1.33. The number of hydrogen-bond donors (Lipinski definition) is 1. The molecule has 0 aliphatic carbocycles. The van der Waals surface area contributed by atoms with E-state index in [1.165, 1.54) is 16.4 Å². The molecule has 0 spiro atoms. The van der Waals surface area contributed by atoms with Crippen molar-refractivity contribution in [3.8, 4) is 17.2 Å². The molecule has 1 aliphatic rings. The highest BCUT2D eigenvalue weighted by Crippen LogP contribution is 2.27. The third kappa shape index (κ3) is 6.59. The smallest absolute Gasteiger partial charge is 0.261 e. The molecule has 10 heteroatoms. The summed E-state index contributed by atoms with van der Waals surface area (Å²) < 4.78 is 48.7. The predicted octanol–water partition coefficient (Wildman–Crippen LogP) is 2.07. The zero-order chi connectivity index (χ0) is 23.7. The quantitative estimate of drug-likeness (QED) is 0.493. The van der Waals surface area contributed by atoms with E-state index in [1.54, 1.807) is 31.4 Å². The summed E-state index contributed by atoms with van der Waals surface area (Å²) in [6.07, 6.45) is -0.171. The fourth-order valence-electron chi connectivity index (χ4n) is 3.29. The molecule has 1 saturated heterocycles. The van der Waals surface area contributed by atoms with E-state index in [0.717, 1.165) is 0 Å². The van der Waals surface area contributed by atoms with Gasteiger partial charge in [0.2, 0.25) is 10.0 Å². The van der Waals surface area contributed by atoms with Crippen LogP contribution in [0, 0.1) is 0 Å². The minimum atomic E-state index is -3.54. The molecule has 33 heavy (non-hydrogen) atoms. The Morgan fingerprint density at radius 3 is 2.39 bits per heavy atom. The zero-order valence-corrected chi connectivity index (χ0v) is 19.7. The average Bonchev–Trinajstić information content (AvgIpc) is 2.86. The van der Waals surface area contributed by atoms with E-state index in [4.69, 9.17) is 18.9 Å². The first-order valence-corrected chi connectivity index (χ1v) is 12.3. The maximum Gasteiger partial charge on any atom is 0.261 e. The third-order valence-electron chi connectivity index (χ3n) is 5.10. The summed E-state index contributed by atoms with van der Waals surface area (Å²) in [6.45, 7) is 3.86. The van der Waals surface area contributed by atoms with Crippen molar-refractivity contribution in [3.63, 3.8) is 0 Å². The van der Waals surface area contributed by atoms with Gasteiger partial charge in [0.25, 0.3) is 5.91 Å². The van der Waals surface area contributed by atoms with Crippen LogP contribution >= 0.6 is 0 Å². The fourth-order valence-corrected chi connectivity index (χ4v) is 4.70. The van der Waals surface area contributed by atoms with E-state index in [2.05, 4.69) is 5.32 Å². The average molecular weight is 479 g/mol. The highest BCUT2D eigenvalue weighted by molar-refractivity contribution is 7.89. The molecule has 0 bridgehead atoms. The minimum absolute atomic E-state index is 0.212. The van der Waals surface area contributed by atoms with Crippen molar-refractivity contribution in [1.29, 1.82) is 0 Å². The molecule has 1 amide bonds. The minimum Gasteiger partial charge on any atom is -0.493 e. The van der Waals surface area contributed by atoms with Gasteiger partial charge in [0.05, 0.1) is 31.8 Å². The number of para-hydroxylation sites is 2. The van der Waals surface area contributed by atoms with Gasteiger partial charge < -0.3 is 24.3 Å². The largest absolute Gasteiger partial charge is 0.493 e. The maximum atomic E-state index is 12.7. The van der Waals surface area contributed by atoms with Crippen LogP contribution < -0.4 is 19.5 Å². The van der Waals surface area contributed by atoms with Crippen LogP contribution in [0.25, 0.3) is 0 Å². The Morgan fingerprint density at radius 1 is 1.09 bits per heavy atom. The maximum absolute atomic E-state index is 12.7. The third-order valence-corrected chi connectivity index (χ3v) is 7.02. The number of carbonyl (C=O) groups is 1. The van der Waals surface area contributed by atoms with Crippen molar-refractivity contribution < 1.29 is 32.2 Å². The van der Waals surface area contributed by atoms with E-state index in [1.807, 2.05) is 19.1 Å². The molecule has 0 radical (unpaired) electrons. The molecule has 0 saturated carbocycles.